The summed E-state index contributed by atoms with van der Waals surface area (Å²) in [6, 6.07) is 0. The van der Waals surface area contributed by atoms with Gasteiger partial charge in [-0.05, 0) is 26.1 Å². The zero-order valence-electron chi connectivity index (χ0n) is 10.9. The van der Waals surface area contributed by atoms with Gasteiger partial charge in [0, 0.05) is 31.1 Å². The highest BCUT2D eigenvalue weighted by atomic mass is 32.1. The van der Waals surface area contributed by atoms with E-state index in [9.17, 15) is 0 Å². The average molecular weight is 293 g/mol. The molecule has 0 aliphatic rings. The van der Waals surface area contributed by atoms with E-state index < -0.39 is 0 Å². The minimum Gasteiger partial charge on any atom is -0.328 e. The number of aromatic nitrogens is 5. The number of H-pyrrole nitrogens is 1. The molecule has 0 aromatic carbocycles. The van der Waals surface area contributed by atoms with Gasteiger partial charge in [-0.25, -0.2) is 9.67 Å². The van der Waals surface area contributed by atoms with Gasteiger partial charge in [-0.3, -0.25) is 0 Å². The van der Waals surface area contributed by atoms with Crippen LogP contribution in [0.4, 0.5) is 0 Å². The van der Waals surface area contributed by atoms with Gasteiger partial charge in [-0.2, -0.15) is 5.10 Å². The van der Waals surface area contributed by atoms with Gasteiger partial charge in [0.1, 0.15) is 5.52 Å². The van der Waals surface area contributed by atoms with Crippen molar-refractivity contribution in [3.05, 3.63) is 27.0 Å². The van der Waals surface area contributed by atoms with Crippen molar-refractivity contribution < 1.29 is 0 Å². The normalized spacial score (nSPS) is 11.5. The number of rotatable bonds is 4. The molecule has 3 heterocycles. The molecule has 0 amide bonds. The van der Waals surface area contributed by atoms with E-state index in [1.165, 1.54) is 0 Å². The second-order valence-corrected chi connectivity index (χ2v) is 5.72. The third kappa shape index (κ3) is 2.12. The maximum absolute atomic E-state index is 5.42. The lowest BCUT2D eigenvalue weighted by Crippen LogP contribution is -2.07. The fraction of sp³-hybridized carbons (Fsp3) is 0.417. The Kier molecular flexibility index (Phi) is 3.24. The summed E-state index contributed by atoms with van der Waals surface area (Å²) in [5, 5.41) is 7.66. The zero-order valence-corrected chi connectivity index (χ0v) is 12.5. The molecule has 100 valence electrons. The molecule has 0 saturated carbocycles. The van der Waals surface area contributed by atoms with E-state index in [0.29, 0.717) is 0 Å². The Morgan fingerprint density at radius 1 is 1.47 bits per heavy atom. The average Bonchev–Trinajstić information content (AvgIpc) is 3.06. The van der Waals surface area contributed by atoms with Crippen molar-refractivity contribution in [1.82, 2.24) is 24.3 Å². The zero-order chi connectivity index (χ0) is 13.4. The number of aromatic amines is 1. The quantitative estimate of drug-likeness (QED) is 0.752. The Bertz CT molecular complexity index is 747. The van der Waals surface area contributed by atoms with E-state index in [1.54, 1.807) is 11.3 Å². The number of imidazole rings is 1. The Hall–Kier alpha value is -1.47. The maximum Gasteiger partial charge on any atom is 0.179 e. The van der Waals surface area contributed by atoms with E-state index >= 15 is 0 Å². The summed E-state index contributed by atoms with van der Waals surface area (Å²) in [5.74, 6) is 0. The first-order valence-electron chi connectivity index (χ1n) is 6.25. The molecule has 0 spiro atoms. The molecule has 0 unspecified atom stereocenters. The van der Waals surface area contributed by atoms with E-state index in [1.807, 2.05) is 23.2 Å². The largest absolute Gasteiger partial charge is 0.328 e. The summed E-state index contributed by atoms with van der Waals surface area (Å²) in [4.78, 5) is 7.57. The van der Waals surface area contributed by atoms with Crippen LogP contribution in [-0.2, 0) is 19.5 Å². The van der Waals surface area contributed by atoms with Crippen LogP contribution < -0.4 is 0 Å². The molecule has 1 N–H and O–H groups in total. The molecule has 3 rings (SSSR count). The number of hydrogen-bond donors (Lipinski definition) is 1. The smallest absolute Gasteiger partial charge is 0.179 e. The minimum atomic E-state index is 0.759. The van der Waals surface area contributed by atoms with Crippen molar-refractivity contribution in [2.45, 2.75) is 33.4 Å². The van der Waals surface area contributed by atoms with Gasteiger partial charge >= 0.3 is 0 Å². The number of nitrogens with one attached hydrogen (secondary N) is 1. The molecule has 19 heavy (non-hydrogen) atoms. The fourth-order valence-electron chi connectivity index (χ4n) is 2.27. The molecular formula is C12H15N5S2. The molecule has 3 aromatic heterocycles. The third-order valence-electron chi connectivity index (χ3n) is 3.17. The summed E-state index contributed by atoms with van der Waals surface area (Å²) in [7, 11) is 0. The Labute approximate surface area is 119 Å². The predicted molar refractivity (Wildman–Crippen MR) is 79.1 cm³/mol. The molecular weight excluding hydrogens is 278 g/mol. The van der Waals surface area contributed by atoms with Crippen molar-refractivity contribution in [3.8, 4) is 0 Å². The van der Waals surface area contributed by atoms with Crippen LogP contribution in [0.2, 0.25) is 0 Å². The minimum absolute atomic E-state index is 0.759. The summed E-state index contributed by atoms with van der Waals surface area (Å²) in [5.41, 5.74) is 3.13. The van der Waals surface area contributed by atoms with Crippen LogP contribution in [-0.4, -0.2) is 24.3 Å². The van der Waals surface area contributed by atoms with Gasteiger partial charge in [0.25, 0.3) is 0 Å². The van der Waals surface area contributed by atoms with Crippen LogP contribution >= 0.6 is 23.6 Å². The molecule has 0 aliphatic heterocycles. The molecule has 0 saturated heterocycles. The van der Waals surface area contributed by atoms with E-state index in [4.69, 9.17) is 12.2 Å². The third-order valence-corrected chi connectivity index (χ3v) is 4.33. The van der Waals surface area contributed by atoms with E-state index in [0.717, 1.165) is 46.1 Å². The topological polar surface area (TPSA) is 51.4 Å². The van der Waals surface area contributed by atoms with Gasteiger partial charge in [0.15, 0.2) is 10.4 Å². The van der Waals surface area contributed by atoms with Crippen LogP contribution in [0, 0.1) is 11.7 Å². The lowest BCUT2D eigenvalue weighted by atomic mass is 10.4. The highest BCUT2D eigenvalue weighted by molar-refractivity contribution is 7.71. The van der Waals surface area contributed by atoms with Gasteiger partial charge < -0.3 is 9.55 Å². The van der Waals surface area contributed by atoms with Crippen molar-refractivity contribution in [1.29, 1.82) is 0 Å². The standard InChI is InChI=1S/C12H15N5S2/c1-3-17-11-10(8(2)15-17)14-12(18)16(11)6-4-9-13-5-7-19-9/h5,7H,3-4,6H2,1-2H3,(H,14,18). The first-order chi connectivity index (χ1) is 9.20. The Morgan fingerprint density at radius 2 is 2.32 bits per heavy atom. The lowest BCUT2D eigenvalue weighted by molar-refractivity contribution is 0.622. The lowest BCUT2D eigenvalue weighted by Gasteiger charge is -2.04. The maximum atomic E-state index is 5.42. The highest BCUT2D eigenvalue weighted by Gasteiger charge is 2.13. The van der Waals surface area contributed by atoms with Crippen molar-refractivity contribution in [2.24, 2.45) is 0 Å². The van der Waals surface area contributed by atoms with Crippen molar-refractivity contribution in [2.75, 3.05) is 0 Å². The number of aryl methyl sites for hydroxylation is 4. The number of hydrogen-bond acceptors (Lipinski definition) is 4. The predicted octanol–water partition coefficient (Wildman–Crippen LogP) is 2.92. The van der Waals surface area contributed by atoms with Crippen molar-refractivity contribution in [3.63, 3.8) is 0 Å². The van der Waals surface area contributed by atoms with Crippen LogP contribution in [0.3, 0.4) is 0 Å². The summed E-state index contributed by atoms with van der Waals surface area (Å²) in [6.07, 6.45) is 2.74. The molecule has 0 atom stereocenters. The second kappa shape index (κ2) is 4.90. The summed E-state index contributed by atoms with van der Waals surface area (Å²) >= 11 is 7.10. The van der Waals surface area contributed by atoms with E-state index in [2.05, 4.69) is 26.6 Å². The molecule has 0 bridgehead atoms. The summed E-state index contributed by atoms with van der Waals surface area (Å²) in [6.45, 7) is 5.77. The van der Waals surface area contributed by atoms with E-state index in [-0.39, 0.29) is 0 Å². The van der Waals surface area contributed by atoms with Crippen molar-refractivity contribution >= 4 is 34.7 Å². The van der Waals surface area contributed by atoms with Crippen LogP contribution in [0.15, 0.2) is 11.6 Å². The molecule has 0 aliphatic carbocycles. The van der Waals surface area contributed by atoms with Crippen LogP contribution in [0.5, 0.6) is 0 Å². The first kappa shape index (κ1) is 12.6. The van der Waals surface area contributed by atoms with Gasteiger partial charge in [-0.15, -0.1) is 11.3 Å². The Morgan fingerprint density at radius 3 is 3.00 bits per heavy atom. The molecule has 0 radical (unpaired) electrons. The van der Waals surface area contributed by atoms with Gasteiger partial charge in [0.2, 0.25) is 0 Å². The molecule has 0 fully saturated rings. The molecule has 5 nitrogen and oxygen atoms in total. The first-order valence-corrected chi connectivity index (χ1v) is 7.53. The second-order valence-electron chi connectivity index (χ2n) is 4.36. The number of thiazole rings is 1. The fourth-order valence-corrected chi connectivity index (χ4v) is 3.16. The highest BCUT2D eigenvalue weighted by Crippen LogP contribution is 2.18. The van der Waals surface area contributed by atoms with Gasteiger partial charge in [0.05, 0.1) is 10.7 Å². The number of nitrogens with zero attached hydrogens (tertiary/aromatic N) is 4. The number of fused-ring (bicyclic) bond motifs is 1. The molecule has 3 aromatic rings. The van der Waals surface area contributed by atoms with Crippen LogP contribution in [0.25, 0.3) is 11.2 Å². The summed E-state index contributed by atoms with van der Waals surface area (Å²) < 4.78 is 4.88. The van der Waals surface area contributed by atoms with Gasteiger partial charge in [-0.1, -0.05) is 0 Å². The molecule has 7 heteroatoms. The monoisotopic (exact) mass is 293 g/mol. The Balaban J connectivity index is 2.02. The van der Waals surface area contributed by atoms with Crippen LogP contribution in [0.1, 0.15) is 17.6 Å². The SMILES string of the molecule is CCn1nc(C)c2[nH]c(=S)n(CCc3nccs3)c21.